The van der Waals surface area contributed by atoms with E-state index in [2.05, 4.69) is 0 Å². The largest absolute Gasteiger partial charge is 0.743 e. The minimum absolute atomic E-state index is 0. The van der Waals surface area contributed by atoms with Crippen molar-refractivity contribution in [3.63, 3.8) is 0 Å². The van der Waals surface area contributed by atoms with Crippen molar-refractivity contribution in [2.45, 2.75) is 5.25 Å². The third kappa shape index (κ3) is 3.44. The summed E-state index contributed by atoms with van der Waals surface area (Å²) < 4.78 is 93.2. The van der Waals surface area contributed by atoms with Gasteiger partial charge in [0.15, 0.2) is 15.9 Å². The second kappa shape index (κ2) is 5.57. The molecule has 0 aliphatic heterocycles. The lowest BCUT2D eigenvalue weighted by Gasteiger charge is -2.20. The van der Waals surface area contributed by atoms with E-state index in [1.165, 1.54) is 0 Å². The molecule has 0 atom stereocenters. The van der Waals surface area contributed by atoms with Crippen molar-refractivity contribution in [3.8, 4) is 0 Å². The topological polar surface area (TPSA) is 57.2 Å². The van der Waals surface area contributed by atoms with E-state index >= 15 is 0 Å². The average Bonchev–Trinajstić information content (AvgIpc) is 2.26. The Morgan fingerprint density at radius 3 is 1.79 bits per heavy atom. The first-order valence-electron chi connectivity index (χ1n) is 4.22. The van der Waals surface area contributed by atoms with Crippen LogP contribution in [0.5, 0.6) is 0 Å². The van der Waals surface area contributed by atoms with E-state index in [0.29, 0.717) is 24.3 Å². The number of rotatable bonds is 3. The van der Waals surface area contributed by atoms with E-state index < -0.39 is 38.4 Å². The predicted octanol–water partition coefficient (Wildman–Crippen LogP) is 3.27. The molecule has 0 aliphatic carbocycles. The van der Waals surface area contributed by atoms with Crippen LogP contribution in [0, 0.1) is 7.43 Å². The van der Waals surface area contributed by atoms with Gasteiger partial charge in [0.25, 0.3) is 0 Å². The lowest BCUT2D eigenvalue weighted by Crippen LogP contribution is -2.25. The van der Waals surface area contributed by atoms with Crippen LogP contribution in [-0.2, 0) is 15.4 Å². The molecule has 9 heteroatoms. The van der Waals surface area contributed by atoms with Gasteiger partial charge in [-0.1, -0.05) is 24.3 Å². The Balaban J connectivity index is 0.00000324. The van der Waals surface area contributed by atoms with Crippen LogP contribution in [0.4, 0.5) is 22.0 Å². The van der Waals surface area contributed by atoms with E-state index in [9.17, 15) is 34.9 Å². The molecule has 0 fully saturated rings. The molecule has 1 aromatic rings. The lowest BCUT2D eigenvalue weighted by molar-refractivity contribution is 0.0776. The molecule has 106 valence electrons. The fourth-order valence-corrected chi connectivity index (χ4v) is 1.49. The van der Waals surface area contributed by atoms with E-state index in [4.69, 9.17) is 0 Å². The third-order valence-corrected chi connectivity index (χ3v) is 2.82. The van der Waals surface area contributed by atoms with Gasteiger partial charge in [-0.3, -0.25) is 0 Å². The summed E-state index contributed by atoms with van der Waals surface area (Å²) in [6, 6.07) is 1.80. The lowest BCUT2D eigenvalue weighted by atomic mass is 10.1. The maximum Gasteiger partial charge on any atom is 0.359 e. The summed E-state index contributed by atoms with van der Waals surface area (Å²) in [4.78, 5) is 0. The first-order valence-corrected chi connectivity index (χ1v) is 5.63. The van der Waals surface area contributed by atoms with Crippen molar-refractivity contribution in [1.82, 2.24) is 0 Å². The summed E-state index contributed by atoms with van der Waals surface area (Å²) in [6.45, 7) is 0. The maximum absolute atomic E-state index is 13.0. The second-order valence-electron chi connectivity index (χ2n) is 3.12. The van der Waals surface area contributed by atoms with E-state index in [-0.39, 0.29) is 7.43 Å². The molecule has 1 aromatic carbocycles. The molecule has 0 radical (unpaired) electrons. The highest BCUT2D eigenvalue weighted by molar-refractivity contribution is 7.86. The molecular weight excluding hydrogens is 295 g/mol. The molecule has 0 amide bonds. The van der Waals surface area contributed by atoms with Gasteiger partial charge in [-0.15, -0.1) is 0 Å². The summed E-state index contributed by atoms with van der Waals surface area (Å²) in [5.74, 6) is -1.92. The van der Waals surface area contributed by atoms with E-state index in [1.807, 2.05) is 0 Å². The Labute approximate surface area is 106 Å². The van der Waals surface area contributed by atoms with Crippen LogP contribution in [0.2, 0.25) is 0 Å². The first kappa shape index (κ1) is 17.4. The number of alkyl halides is 2. The molecule has 1 rings (SSSR count). The molecule has 0 N–H and O–H groups in total. The van der Waals surface area contributed by atoms with Crippen molar-refractivity contribution in [1.29, 1.82) is 0 Å². The Kier molecular flexibility index (Phi) is 5.10. The molecule has 0 saturated heterocycles. The van der Waals surface area contributed by atoms with Gasteiger partial charge >= 0.3 is 11.3 Å². The number of hydrogen-bond acceptors (Lipinski definition) is 3. The monoisotopic (exact) mass is 302 g/mol. The Hall–Kier alpha value is -1.61. The molecular formula is C10H7F5O3S. The average molecular weight is 302 g/mol. The molecule has 0 unspecified atom stereocenters. The minimum atomic E-state index is -5.94. The van der Waals surface area contributed by atoms with Crippen molar-refractivity contribution >= 4 is 15.9 Å². The molecule has 0 bridgehead atoms. The Morgan fingerprint density at radius 1 is 1.05 bits per heavy atom. The highest BCUT2D eigenvalue weighted by Crippen LogP contribution is 2.34. The van der Waals surface area contributed by atoms with Crippen LogP contribution < -0.4 is 0 Å². The number of halogens is 5. The molecule has 0 spiro atoms. The van der Waals surface area contributed by atoms with Crippen LogP contribution in [0.1, 0.15) is 11.1 Å². The molecule has 3 nitrogen and oxygen atoms in total. The molecule has 0 saturated carbocycles. The zero-order valence-corrected chi connectivity index (χ0v) is 10.1. The molecule has 0 aromatic heterocycles. The first-order chi connectivity index (χ1) is 8.07. The Bertz CT molecular complexity index is 574. The molecule has 19 heavy (non-hydrogen) atoms. The molecule has 0 aliphatic rings. The second-order valence-corrected chi connectivity index (χ2v) is 4.54. The summed E-state index contributed by atoms with van der Waals surface area (Å²) in [6.07, 6.45) is -2.65. The normalized spacial score (nSPS) is 11.7. The van der Waals surface area contributed by atoms with Gasteiger partial charge in [-0.05, 0) is 0 Å². The van der Waals surface area contributed by atoms with Crippen molar-refractivity contribution < 1.29 is 34.9 Å². The van der Waals surface area contributed by atoms with E-state index in [0.717, 1.165) is 0 Å². The SMILES string of the molecule is O=S(=O)([O-])C(F)(F)c1ccc(C(F)=C(F)F)cc1.[CH3+]. The summed E-state index contributed by atoms with van der Waals surface area (Å²) in [7, 11) is -5.94. The quantitative estimate of drug-likeness (QED) is 0.489. The highest BCUT2D eigenvalue weighted by Gasteiger charge is 2.39. The van der Waals surface area contributed by atoms with Gasteiger partial charge in [-0.2, -0.15) is 17.6 Å². The summed E-state index contributed by atoms with van der Waals surface area (Å²) in [5.41, 5.74) is -1.94. The van der Waals surface area contributed by atoms with Gasteiger partial charge in [0.2, 0.25) is 0 Å². The third-order valence-electron chi connectivity index (χ3n) is 1.95. The van der Waals surface area contributed by atoms with Crippen molar-refractivity contribution in [2.75, 3.05) is 0 Å². The smallest absolute Gasteiger partial charge is 0.359 e. The van der Waals surface area contributed by atoms with Crippen molar-refractivity contribution in [3.05, 3.63) is 48.9 Å². The summed E-state index contributed by atoms with van der Waals surface area (Å²) in [5, 5.41) is -4.71. The Morgan fingerprint density at radius 2 is 1.47 bits per heavy atom. The van der Waals surface area contributed by atoms with Gasteiger partial charge in [0.05, 0.1) is 0 Å². The number of hydrogen-bond donors (Lipinski definition) is 0. The van der Waals surface area contributed by atoms with Gasteiger partial charge in [0, 0.05) is 18.6 Å². The van der Waals surface area contributed by atoms with Crippen LogP contribution in [-0.4, -0.2) is 13.0 Å². The fraction of sp³-hybridized carbons (Fsp3) is 0.100. The van der Waals surface area contributed by atoms with Gasteiger partial charge in [0.1, 0.15) is 0 Å². The van der Waals surface area contributed by atoms with Crippen LogP contribution in [0.25, 0.3) is 5.83 Å². The summed E-state index contributed by atoms with van der Waals surface area (Å²) >= 11 is 0. The minimum Gasteiger partial charge on any atom is -0.743 e. The zero-order valence-electron chi connectivity index (χ0n) is 9.33. The maximum atomic E-state index is 13.0. The standard InChI is InChI=1S/C9H5F5O3S.CH3/c10-7(8(11)12)5-1-3-6(4-2-5)9(13,14)18(15,16)17;/h1-4H,(H,15,16,17);1H3/q;+1/p-1. The highest BCUT2D eigenvalue weighted by atomic mass is 32.2. The van der Waals surface area contributed by atoms with E-state index in [1.54, 1.807) is 0 Å². The fourth-order valence-electron chi connectivity index (χ4n) is 1.06. The van der Waals surface area contributed by atoms with Crippen molar-refractivity contribution in [2.24, 2.45) is 0 Å². The van der Waals surface area contributed by atoms with Crippen LogP contribution in [0.15, 0.2) is 30.3 Å². The van der Waals surface area contributed by atoms with Crippen LogP contribution >= 0.6 is 0 Å². The van der Waals surface area contributed by atoms with Crippen LogP contribution in [0.3, 0.4) is 0 Å². The zero-order chi connectivity index (χ0) is 14.1. The van der Waals surface area contributed by atoms with Gasteiger partial charge < -0.3 is 4.55 Å². The predicted molar refractivity (Wildman–Crippen MR) is 56.7 cm³/mol. The molecule has 0 heterocycles. The number of benzene rings is 1. The van der Waals surface area contributed by atoms with Gasteiger partial charge in [-0.25, -0.2) is 12.8 Å².